The van der Waals surface area contributed by atoms with Gasteiger partial charge in [0.15, 0.2) is 0 Å². The van der Waals surface area contributed by atoms with Crippen molar-refractivity contribution in [1.82, 2.24) is 10.2 Å². The fourth-order valence-electron chi connectivity index (χ4n) is 3.16. The highest BCUT2D eigenvalue weighted by Crippen LogP contribution is 2.20. The molecule has 0 unspecified atom stereocenters. The molecule has 1 N–H and O–H groups in total. The minimum Gasteiger partial charge on any atom is -0.466 e. The SMILES string of the molecule is CCOC(=O)C1CCN(C(=O)/C(C#N)=C\NCCc2ccccc2C)CC1. The molecule has 1 aromatic carbocycles. The van der Waals surface area contributed by atoms with Crippen molar-refractivity contribution >= 4 is 11.9 Å². The van der Waals surface area contributed by atoms with E-state index in [1.165, 1.54) is 17.3 Å². The number of aryl methyl sites for hydroxylation is 1. The van der Waals surface area contributed by atoms with Crippen LogP contribution in [0.2, 0.25) is 0 Å². The van der Waals surface area contributed by atoms with Gasteiger partial charge >= 0.3 is 5.97 Å². The molecule has 27 heavy (non-hydrogen) atoms. The van der Waals surface area contributed by atoms with Gasteiger partial charge in [-0.25, -0.2) is 0 Å². The van der Waals surface area contributed by atoms with E-state index in [1.54, 1.807) is 11.8 Å². The van der Waals surface area contributed by atoms with E-state index < -0.39 is 0 Å². The largest absolute Gasteiger partial charge is 0.466 e. The van der Waals surface area contributed by atoms with Crippen LogP contribution in [0.4, 0.5) is 0 Å². The number of ether oxygens (including phenoxy) is 1. The van der Waals surface area contributed by atoms with Crippen LogP contribution in [0.15, 0.2) is 36.0 Å². The highest BCUT2D eigenvalue weighted by molar-refractivity contribution is 5.97. The van der Waals surface area contributed by atoms with E-state index in [2.05, 4.69) is 24.4 Å². The smallest absolute Gasteiger partial charge is 0.309 e. The van der Waals surface area contributed by atoms with Gasteiger partial charge in [0.05, 0.1) is 12.5 Å². The van der Waals surface area contributed by atoms with Gasteiger partial charge in [-0.15, -0.1) is 0 Å². The van der Waals surface area contributed by atoms with E-state index in [4.69, 9.17) is 4.74 Å². The van der Waals surface area contributed by atoms with Crippen molar-refractivity contribution in [3.63, 3.8) is 0 Å². The Hall–Kier alpha value is -2.81. The molecule has 0 saturated carbocycles. The number of hydrogen-bond acceptors (Lipinski definition) is 5. The van der Waals surface area contributed by atoms with Gasteiger partial charge in [-0.1, -0.05) is 24.3 Å². The maximum Gasteiger partial charge on any atom is 0.309 e. The van der Waals surface area contributed by atoms with Crippen molar-refractivity contribution in [2.24, 2.45) is 5.92 Å². The molecular formula is C21H27N3O3. The van der Waals surface area contributed by atoms with Gasteiger partial charge in [0, 0.05) is 25.8 Å². The summed E-state index contributed by atoms with van der Waals surface area (Å²) in [5.74, 6) is -0.641. The molecule has 1 aliphatic heterocycles. The zero-order valence-corrected chi connectivity index (χ0v) is 16.0. The molecule has 6 nitrogen and oxygen atoms in total. The van der Waals surface area contributed by atoms with E-state index >= 15 is 0 Å². The van der Waals surface area contributed by atoms with Crippen LogP contribution in [-0.2, 0) is 20.7 Å². The number of likely N-dealkylation sites (tertiary alicyclic amines) is 1. The number of esters is 1. The molecule has 1 aliphatic rings. The van der Waals surface area contributed by atoms with E-state index in [9.17, 15) is 14.9 Å². The van der Waals surface area contributed by atoms with Crippen LogP contribution in [0, 0.1) is 24.2 Å². The van der Waals surface area contributed by atoms with Crippen molar-refractivity contribution in [3.8, 4) is 6.07 Å². The zero-order chi connectivity index (χ0) is 19.6. The summed E-state index contributed by atoms with van der Waals surface area (Å²) in [6, 6.07) is 10.1. The lowest BCUT2D eigenvalue weighted by Gasteiger charge is -2.30. The first-order valence-corrected chi connectivity index (χ1v) is 9.40. The molecule has 1 aromatic rings. The van der Waals surface area contributed by atoms with Gasteiger partial charge in [0.2, 0.25) is 0 Å². The summed E-state index contributed by atoms with van der Waals surface area (Å²) >= 11 is 0. The molecular weight excluding hydrogens is 342 g/mol. The Morgan fingerprint density at radius 3 is 2.67 bits per heavy atom. The average Bonchev–Trinajstić information content (AvgIpc) is 2.69. The standard InChI is InChI=1S/C21H27N3O3/c1-3-27-21(26)18-9-12-24(13-10-18)20(25)19(14-22)15-23-11-8-17-7-5-4-6-16(17)2/h4-7,15,18,23H,3,8-13H2,1-2H3/b19-15-. The quantitative estimate of drug-likeness (QED) is 0.345. The second-order valence-corrected chi connectivity index (χ2v) is 6.62. The lowest BCUT2D eigenvalue weighted by Crippen LogP contribution is -2.41. The molecule has 0 spiro atoms. The molecule has 0 atom stereocenters. The van der Waals surface area contributed by atoms with Crippen LogP contribution in [0.25, 0.3) is 0 Å². The highest BCUT2D eigenvalue weighted by Gasteiger charge is 2.29. The summed E-state index contributed by atoms with van der Waals surface area (Å²) in [7, 11) is 0. The number of nitriles is 1. The minimum atomic E-state index is -0.289. The van der Waals surface area contributed by atoms with Crippen LogP contribution >= 0.6 is 0 Å². The van der Waals surface area contributed by atoms with Crippen molar-refractivity contribution < 1.29 is 14.3 Å². The number of carbonyl (C=O) groups is 2. The molecule has 6 heteroatoms. The molecule has 0 aliphatic carbocycles. The molecule has 1 amide bonds. The molecule has 0 aromatic heterocycles. The van der Waals surface area contributed by atoms with Gasteiger partial charge < -0.3 is 15.0 Å². The van der Waals surface area contributed by atoms with Gasteiger partial charge in [-0.2, -0.15) is 5.26 Å². The van der Waals surface area contributed by atoms with Crippen LogP contribution in [0.3, 0.4) is 0 Å². The van der Waals surface area contributed by atoms with Crippen LogP contribution < -0.4 is 5.32 Å². The Labute approximate surface area is 160 Å². The number of benzene rings is 1. The third-order valence-electron chi connectivity index (χ3n) is 4.80. The monoisotopic (exact) mass is 369 g/mol. The third kappa shape index (κ3) is 5.85. The van der Waals surface area contributed by atoms with E-state index in [-0.39, 0.29) is 23.4 Å². The van der Waals surface area contributed by atoms with Gasteiger partial charge in [0.1, 0.15) is 11.6 Å². The third-order valence-corrected chi connectivity index (χ3v) is 4.80. The molecule has 2 rings (SSSR count). The normalized spacial score (nSPS) is 15.1. The van der Waals surface area contributed by atoms with E-state index in [0.717, 1.165) is 6.42 Å². The topological polar surface area (TPSA) is 82.4 Å². The fourth-order valence-corrected chi connectivity index (χ4v) is 3.16. The Morgan fingerprint density at radius 2 is 2.04 bits per heavy atom. The Kier molecular flexibility index (Phi) is 7.87. The lowest BCUT2D eigenvalue weighted by molar-refractivity contribution is -0.150. The zero-order valence-electron chi connectivity index (χ0n) is 16.0. The maximum atomic E-state index is 12.5. The molecule has 0 bridgehead atoms. The first kappa shape index (κ1) is 20.5. The van der Waals surface area contributed by atoms with Crippen molar-refractivity contribution in [2.45, 2.75) is 33.1 Å². The maximum absolute atomic E-state index is 12.5. The summed E-state index contributed by atoms with van der Waals surface area (Å²) in [6.45, 7) is 5.79. The number of nitrogens with one attached hydrogen (secondary N) is 1. The summed E-state index contributed by atoms with van der Waals surface area (Å²) in [4.78, 5) is 25.9. The molecule has 1 fully saturated rings. The van der Waals surface area contributed by atoms with Crippen molar-refractivity contribution in [2.75, 3.05) is 26.2 Å². The predicted molar refractivity (Wildman–Crippen MR) is 103 cm³/mol. The second kappa shape index (κ2) is 10.4. The number of nitrogens with zero attached hydrogens (tertiary/aromatic N) is 2. The van der Waals surface area contributed by atoms with Gasteiger partial charge in [-0.3, -0.25) is 9.59 Å². The first-order valence-electron chi connectivity index (χ1n) is 9.40. The van der Waals surface area contributed by atoms with Crippen molar-refractivity contribution in [3.05, 3.63) is 47.2 Å². The Bertz CT molecular complexity index is 728. The number of amides is 1. The van der Waals surface area contributed by atoms with Crippen molar-refractivity contribution in [1.29, 1.82) is 5.26 Å². The number of hydrogen-bond donors (Lipinski definition) is 1. The molecule has 1 heterocycles. The van der Waals surface area contributed by atoms with Crippen LogP contribution in [-0.4, -0.2) is 43.0 Å². The number of carbonyl (C=O) groups excluding carboxylic acids is 2. The average molecular weight is 369 g/mol. The van der Waals surface area contributed by atoms with E-state index in [1.807, 2.05) is 18.2 Å². The molecule has 144 valence electrons. The highest BCUT2D eigenvalue weighted by atomic mass is 16.5. The summed E-state index contributed by atoms with van der Waals surface area (Å²) < 4.78 is 5.04. The summed E-state index contributed by atoms with van der Waals surface area (Å²) in [5, 5.41) is 12.4. The van der Waals surface area contributed by atoms with Crippen LogP contribution in [0.1, 0.15) is 30.9 Å². The lowest BCUT2D eigenvalue weighted by atomic mass is 9.96. The number of rotatable bonds is 7. The van der Waals surface area contributed by atoms with Gasteiger partial charge in [0.25, 0.3) is 5.91 Å². The first-order chi connectivity index (χ1) is 13.1. The minimum absolute atomic E-state index is 0.0920. The second-order valence-electron chi connectivity index (χ2n) is 6.62. The fraction of sp³-hybridized carbons (Fsp3) is 0.476. The predicted octanol–water partition coefficient (Wildman–Crippen LogP) is 2.34. The van der Waals surface area contributed by atoms with Crippen LogP contribution in [0.5, 0.6) is 0 Å². The summed E-state index contributed by atoms with van der Waals surface area (Å²) in [5.41, 5.74) is 2.56. The Balaban J connectivity index is 1.83. The van der Waals surface area contributed by atoms with E-state index in [0.29, 0.717) is 39.1 Å². The molecule has 1 saturated heterocycles. The summed E-state index contributed by atoms with van der Waals surface area (Å²) in [6.07, 6.45) is 3.47. The number of piperidine rings is 1. The van der Waals surface area contributed by atoms with Gasteiger partial charge in [-0.05, 0) is 44.2 Å². The Morgan fingerprint density at radius 1 is 1.33 bits per heavy atom. The molecule has 0 radical (unpaired) electrons.